The van der Waals surface area contributed by atoms with Crippen LogP contribution in [0.4, 0.5) is 10.6 Å². The summed E-state index contributed by atoms with van der Waals surface area (Å²) in [6.45, 7) is 9.63. The number of imide groups is 1. The topological polar surface area (TPSA) is 94.6 Å². The molecule has 0 aliphatic carbocycles. The quantitative estimate of drug-likeness (QED) is 0.680. The first kappa shape index (κ1) is 19.7. The van der Waals surface area contributed by atoms with E-state index in [2.05, 4.69) is 34.4 Å². The summed E-state index contributed by atoms with van der Waals surface area (Å²) in [5, 5.41) is 5.38. The molecule has 0 unspecified atom stereocenters. The average Bonchev–Trinajstić information content (AvgIpc) is 2.81. The Morgan fingerprint density at radius 2 is 1.96 bits per heavy atom. The number of anilines is 1. The van der Waals surface area contributed by atoms with E-state index in [1.54, 1.807) is 20.0 Å². The Kier molecular flexibility index (Phi) is 6.18. The van der Waals surface area contributed by atoms with Gasteiger partial charge in [0, 0.05) is 38.8 Å². The van der Waals surface area contributed by atoms with Gasteiger partial charge in [-0.1, -0.05) is 6.07 Å². The zero-order valence-electron chi connectivity index (χ0n) is 15.8. The minimum atomic E-state index is -0.911. The Balaban J connectivity index is 1.80. The zero-order chi connectivity index (χ0) is 19.3. The van der Waals surface area contributed by atoms with Crippen molar-refractivity contribution in [3.05, 3.63) is 23.9 Å². The van der Waals surface area contributed by atoms with Crippen LogP contribution in [0.2, 0.25) is 0 Å². The maximum absolute atomic E-state index is 12.1. The Bertz CT molecular complexity index is 668. The van der Waals surface area contributed by atoms with Crippen LogP contribution in [-0.4, -0.2) is 52.9 Å². The summed E-state index contributed by atoms with van der Waals surface area (Å²) in [4.78, 5) is 43.5. The van der Waals surface area contributed by atoms with Crippen LogP contribution in [0.25, 0.3) is 0 Å². The van der Waals surface area contributed by atoms with E-state index in [1.165, 1.54) is 0 Å². The van der Waals surface area contributed by atoms with Gasteiger partial charge in [0.25, 0.3) is 5.91 Å². The molecule has 0 atom stereocenters. The van der Waals surface area contributed by atoms with Crippen LogP contribution in [0.5, 0.6) is 0 Å². The first-order valence-electron chi connectivity index (χ1n) is 8.89. The Morgan fingerprint density at radius 1 is 1.27 bits per heavy atom. The third-order valence-electron chi connectivity index (χ3n) is 4.39. The molecule has 1 aliphatic rings. The second-order valence-electron chi connectivity index (χ2n) is 6.74. The number of urea groups is 1. The largest absolute Gasteiger partial charge is 0.357 e. The second kappa shape index (κ2) is 8.16. The van der Waals surface area contributed by atoms with Crippen molar-refractivity contribution in [3.63, 3.8) is 0 Å². The van der Waals surface area contributed by atoms with Gasteiger partial charge in [-0.25, -0.2) is 9.78 Å². The van der Waals surface area contributed by atoms with Crippen LogP contribution in [-0.2, 0) is 16.1 Å². The number of amides is 4. The van der Waals surface area contributed by atoms with Crippen LogP contribution in [0.15, 0.2) is 18.3 Å². The van der Waals surface area contributed by atoms with Gasteiger partial charge >= 0.3 is 6.03 Å². The molecule has 4 amide bonds. The third kappa shape index (κ3) is 4.50. The molecule has 1 aromatic rings. The number of pyridine rings is 1. The fraction of sp³-hybridized carbons (Fsp3) is 0.556. The minimum Gasteiger partial charge on any atom is -0.357 e. The molecular weight excluding hydrogens is 334 g/mol. The summed E-state index contributed by atoms with van der Waals surface area (Å²) < 4.78 is 0. The predicted molar refractivity (Wildman–Crippen MR) is 98.6 cm³/mol. The summed E-state index contributed by atoms with van der Waals surface area (Å²) in [6, 6.07) is 3.41. The molecular formula is C18H27N5O3. The van der Waals surface area contributed by atoms with Gasteiger partial charge in [-0.15, -0.1) is 0 Å². The van der Waals surface area contributed by atoms with Crippen molar-refractivity contribution in [2.75, 3.05) is 24.5 Å². The molecule has 26 heavy (non-hydrogen) atoms. The molecule has 2 rings (SSSR count). The van der Waals surface area contributed by atoms with Gasteiger partial charge in [-0.3, -0.25) is 14.5 Å². The van der Waals surface area contributed by atoms with E-state index in [9.17, 15) is 14.4 Å². The Hall–Kier alpha value is -2.64. The second-order valence-corrected chi connectivity index (χ2v) is 6.74. The lowest BCUT2D eigenvalue weighted by molar-refractivity contribution is -0.130. The predicted octanol–water partition coefficient (Wildman–Crippen LogP) is 1.26. The van der Waals surface area contributed by atoms with E-state index < -0.39 is 11.6 Å². The first-order chi connectivity index (χ1) is 12.3. The van der Waals surface area contributed by atoms with Crippen LogP contribution in [0.1, 0.15) is 39.7 Å². The Labute approximate surface area is 153 Å². The first-order valence-corrected chi connectivity index (χ1v) is 8.89. The van der Waals surface area contributed by atoms with Gasteiger partial charge in [-0.2, -0.15) is 0 Å². The van der Waals surface area contributed by atoms with Gasteiger partial charge < -0.3 is 15.5 Å². The lowest BCUT2D eigenvalue weighted by Gasteiger charge is -2.19. The van der Waals surface area contributed by atoms with Crippen LogP contribution in [0, 0.1) is 0 Å². The monoisotopic (exact) mass is 361 g/mol. The lowest BCUT2D eigenvalue weighted by atomic mass is 10.1. The third-order valence-corrected chi connectivity index (χ3v) is 4.39. The van der Waals surface area contributed by atoms with E-state index in [4.69, 9.17) is 0 Å². The number of carbonyl (C=O) groups is 3. The highest BCUT2D eigenvalue weighted by molar-refractivity contribution is 6.06. The zero-order valence-corrected chi connectivity index (χ0v) is 15.8. The van der Waals surface area contributed by atoms with Crippen molar-refractivity contribution < 1.29 is 14.4 Å². The normalized spacial score (nSPS) is 15.8. The standard InChI is InChI=1S/C18H27N5O3/c1-5-22(6-2)14-8-7-13(11-19-14)12-20-15(24)9-10-23-16(25)18(3,4)21-17(23)26/h7-8,11H,5-6,9-10,12H2,1-4H3,(H,20,24)(H,21,26). The number of nitrogens with one attached hydrogen (secondary N) is 2. The SMILES string of the molecule is CCN(CC)c1ccc(CNC(=O)CCN2C(=O)NC(C)(C)C2=O)cn1. The minimum absolute atomic E-state index is 0.0685. The van der Waals surface area contributed by atoms with Gasteiger partial charge in [0.2, 0.25) is 5.91 Å². The fourth-order valence-corrected chi connectivity index (χ4v) is 2.78. The number of hydrogen-bond acceptors (Lipinski definition) is 5. The molecule has 1 fully saturated rings. The summed E-state index contributed by atoms with van der Waals surface area (Å²) in [5.41, 5.74) is -0.0170. The van der Waals surface area contributed by atoms with E-state index >= 15 is 0 Å². The van der Waals surface area contributed by atoms with Crippen LogP contribution < -0.4 is 15.5 Å². The molecule has 0 saturated carbocycles. The molecule has 0 bridgehead atoms. The summed E-state index contributed by atoms with van der Waals surface area (Å²) in [5.74, 6) is 0.376. The highest BCUT2D eigenvalue weighted by atomic mass is 16.2. The van der Waals surface area contributed by atoms with Gasteiger partial charge in [0.1, 0.15) is 11.4 Å². The molecule has 1 aliphatic heterocycles. The molecule has 142 valence electrons. The summed E-state index contributed by atoms with van der Waals surface area (Å²) in [7, 11) is 0. The molecule has 2 heterocycles. The maximum Gasteiger partial charge on any atom is 0.325 e. The molecule has 1 aromatic heterocycles. The van der Waals surface area contributed by atoms with E-state index in [0.29, 0.717) is 6.54 Å². The van der Waals surface area contributed by atoms with Crippen molar-refractivity contribution in [3.8, 4) is 0 Å². The summed E-state index contributed by atoms with van der Waals surface area (Å²) >= 11 is 0. The van der Waals surface area contributed by atoms with Crippen LogP contribution in [0.3, 0.4) is 0 Å². The van der Waals surface area contributed by atoms with Gasteiger partial charge in [-0.05, 0) is 39.3 Å². The summed E-state index contributed by atoms with van der Waals surface area (Å²) in [6.07, 6.45) is 1.81. The molecule has 8 heteroatoms. The molecule has 0 aromatic carbocycles. The number of hydrogen-bond donors (Lipinski definition) is 2. The van der Waals surface area contributed by atoms with Crippen molar-refractivity contribution in [2.45, 2.75) is 46.2 Å². The lowest BCUT2D eigenvalue weighted by Crippen LogP contribution is -2.40. The van der Waals surface area contributed by atoms with Gasteiger partial charge in [0.15, 0.2) is 0 Å². The van der Waals surface area contributed by atoms with Crippen molar-refractivity contribution in [2.24, 2.45) is 0 Å². The number of aromatic nitrogens is 1. The highest BCUT2D eigenvalue weighted by Crippen LogP contribution is 2.16. The van der Waals surface area contributed by atoms with Crippen LogP contribution >= 0.6 is 0 Å². The van der Waals surface area contributed by atoms with E-state index in [1.807, 2.05) is 12.1 Å². The molecule has 0 spiro atoms. The van der Waals surface area contributed by atoms with Crippen molar-refractivity contribution >= 4 is 23.7 Å². The fourth-order valence-electron chi connectivity index (χ4n) is 2.78. The molecule has 8 nitrogen and oxygen atoms in total. The maximum atomic E-state index is 12.1. The highest BCUT2D eigenvalue weighted by Gasteiger charge is 2.43. The molecule has 1 saturated heterocycles. The van der Waals surface area contributed by atoms with E-state index in [-0.39, 0.29) is 24.8 Å². The average molecular weight is 361 g/mol. The van der Waals surface area contributed by atoms with Crippen molar-refractivity contribution in [1.29, 1.82) is 0 Å². The smallest absolute Gasteiger partial charge is 0.325 e. The van der Waals surface area contributed by atoms with E-state index in [0.717, 1.165) is 29.4 Å². The molecule has 2 N–H and O–H groups in total. The van der Waals surface area contributed by atoms with Gasteiger partial charge in [0.05, 0.1) is 0 Å². The number of nitrogens with zero attached hydrogens (tertiary/aromatic N) is 3. The number of carbonyl (C=O) groups excluding carboxylic acids is 3. The Morgan fingerprint density at radius 3 is 2.46 bits per heavy atom. The van der Waals surface area contributed by atoms with Crippen molar-refractivity contribution in [1.82, 2.24) is 20.5 Å². The molecule has 0 radical (unpaired) electrons. The number of rotatable bonds is 8.